The number of carbonyl (C=O) groups is 1. The van der Waals surface area contributed by atoms with Gasteiger partial charge in [0.15, 0.2) is 0 Å². The van der Waals surface area contributed by atoms with Crippen LogP contribution in [0.3, 0.4) is 0 Å². The first-order valence-electron chi connectivity index (χ1n) is 5.27. The minimum Gasteiger partial charge on any atom is -0.496 e. The van der Waals surface area contributed by atoms with Crippen molar-refractivity contribution in [2.24, 2.45) is 0 Å². The molecule has 0 heterocycles. The van der Waals surface area contributed by atoms with E-state index in [0.29, 0.717) is 24.3 Å². The molecule has 0 radical (unpaired) electrons. The molecule has 0 aliphatic carbocycles. The highest BCUT2D eigenvalue weighted by Gasteiger charge is 2.16. The second-order valence-corrected chi connectivity index (χ2v) is 3.88. The number of anilines is 1. The second-order valence-electron chi connectivity index (χ2n) is 3.47. The topological polar surface area (TPSA) is 85.3 Å². The number of hydrogen-bond donors (Lipinski definition) is 1. The van der Waals surface area contributed by atoms with Crippen LogP contribution in [0.1, 0.15) is 23.2 Å². The average molecular weight is 269 g/mol. The lowest BCUT2D eigenvalue weighted by molar-refractivity contribution is 0.0498. The van der Waals surface area contributed by atoms with Gasteiger partial charge in [-0.1, -0.05) is 11.6 Å². The molecule has 0 spiro atoms. The van der Waals surface area contributed by atoms with Gasteiger partial charge in [0.2, 0.25) is 0 Å². The Bertz CT molecular complexity index is 483. The van der Waals surface area contributed by atoms with Crippen molar-refractivity contribution in [2.75, 3.05) is 19.5 Å². The molecule has 0 unspecified atom stereocenters. The zero-order valence-corrected chi connectivity index (χ0v) is 10.7. The fourth-order valence-electron chi connectivity index (χ4n) is 1.29. The summed E-state index contributed by atoms with van der Waals surface area (Å²) in [6.07, 6.45) is 0.834. The number of esters is 1. The van der Waals surface area contributed by atoms with Crippen molar-refractivity contribution in [2.45, 2.75) is 12.8 Å². The van der Waals surface area contributed by atoms with Crippen LogP contribution in [0.25, 0.3) is 0 Å². The van der Waals surface area contributed by atoms with Crippen LogP contribution in [0, 0.1) is 11.3 Å². The quantitative estimate of drug-likeness (QED) is 0.503. The summed E-state index contributed by atoms with van der Waals surface area (Å²) in [5.74, 6) is -0.242. The first-order chi connectivity index (χ1) is 8.60. The van der Waals surface area contributed by atoms with Crippen molar-refractivity contribution in [3.8, 4) is 11.8 Å². The molecule has 0 amide bonds. The van der Waals surface area contributed by atoms with Gasteiger partial charge in [-0.25, -0.2) is 4.79 Å². The summed E-state index contributed by atoms with van der Waals surface area (Å²) < 4.78 is 10.0. The van der Waals surface area contributed by atoms with Crippen molar-refractivity contribution in [3.63, 3.8) is 0 Å². The highest BCUT2D eigenvalue weighted by Crippen LogP contribution is 2.29. The van der Waals surface area contributed by atoms with Crippen LogP contribution >= 0.6 is 11.6 Å². The molecule has 1 rings (SSSR count). The van der Waals surface area contributed by atoms with Gasteiger partial charge in [0.05, 0.1) is 30.5 Å². The molecule has 0 saturated heterocycles. The van der Waals surface area contributed by atoms with Gasteiger partial charge < -0.3 is 15.2 Å². The molecule has 6 heteroatoms. The number of nitrogen functional groups attached to an aromatic ring is 1. The van der Waals surface area contributed by atoms with Crippen LogP contribution in [0.15, 0.2) is 12.1 Å². The smallest absolute Gasteiger partial charge is 0.341 e. The molecule has 2 N–H and O–H groups in total. The van der Waals surface area contributed by atoms with E-state index in [4.69, 9.17) is 32.1 Å². The maximum atomic E-state index is 11.8. The highest BCUT2D eigenvalue weighted by molar-refractivity contribution is 6.33. The number of nitrogens with zero attached hydrogens (tertiary/aromatic N) is 1. The molecule has 18 heavy (non-hydrogen) atoms. The molecule has 0 aliphatic rings. The van der Waals surface area contributed by atoms with Crippen molar-refractivity contribution in [3.05, 3.63) is 22.7 Å². The number of ether oxygens (including phenoxy) is 2. The Labute approximate surface area is 110 Å². The Balaban J connectivity index is 2.79. The first-order valence-corrected chi connectivity index (χ1v) is 5.65. The van der Waals surface area contributed by atoms with Gasteiger partial charge in [-0.15, -0.1) is 0 Å². The predicted octanol–water partition coefficient (Wildman–Crippen LogP) is 2.39. The molecule has 0 aliphatic heterocycles. The van der Waals surface area contributed by atoms with Crippen molar-refractivity contribution in [1.29, 1.82) is 5.26 Å². The summed E-state index contributed by atoms with van der Waals surface area (Å²) in [7, 11) is 1.43. The zero-order valence-electron chi connectivity index (χ0n) is 9.90. The van der Waals surface area contributed by atoms with Gasteiger partial charge in [0, 0.05) is 12.5 Å². The summed E-state index contributed by atoms with van der Waals surface area (Å²) in [5.41, 5.74) is 6.15. The van der Waals surface area contributed by atoms with Gasteiger partial charge >= 0.3 is 5.97 Å². The molecule has 5 nitrogen and oxygen atoms in total. The number of nitrogens with two attached hydrogens (primary N) is 1. The minimum atomic E-state index is -0.549. The molecule has 0 saturated carbocycles. The number of methoxy groups -OCH3 is 1. The van der Waals surface area contributed by atoms with E-state index in [1.165, 1.54) is 19.2 Å². The summed E-state index contributed by atoms with van der Waals surface area (Å²) in [6.45, 7) is 0.178. The third-order valence-corrected chi connectivity index (χ3v) is 2.53. The zero-order chi connectivity index (χ0) is 13.5. The van der Waals surface area contributed by atoms with E-state index >= 15 is 0 Å². The normalized spacial score (nSPS) is 9.61. The van der Waals surface area contributed by atoms with Crippen molar-refractivity contribution in [1.82, 2.24) is 0 Å². The van der Waals surface area contributed by atoms with E-state index in [1.54, 1.807) is 0 Å². The van der Waals surface area contributed by atoms with Crippen molar-refractivity contribution >= 4 is 23.3 Å². The summed E-state index contributed by atoms with van der Waals surface area (Å²) in [4.78, 5) is 11.8. The predicted molar refractivity (Wildman–Crippen MR) is 67.5 cm³/mol. The summed E-state index contributed by atoms with van der Waals surface area (Å²) >= 11 is 5.84. The number of benzene rings is 1. The molecule has 0 fully saturated rings. The van der Waals surface area contributed by atoms with E-state index in [-0.39, 0.29) is 17.2 Å². The van der Waals surface area contributed by atoms with E-state index in [9.17, 15) is 4.79 Å². The number of halogens is 1. The van der Waals surface area contributed by atoms with Crippen LogP contribution < -0.4 is 10.5 Å². The molecule has 0 aromatic heterocycles. The van der Waals surface area contributed by atoms with Gasteiger partial charge in [-0.2, -0.15) is 5.26 Å². The minimum absolute atomic E-state index is 0.178. The molecule has 96 valence electrons. The maximum Gasteiger partial charge on any atom is 0.341 e. The fraction of sp³-hybridized carbons (Fsp3) is 0.333. The lowest BCUT2D eigenvalue weighted by Gasteiger charge is -2.10. The number of rotatable bonds is 5. The Kier molecular flexibility index (Phi) is 5.28. The molecule has 1 aromatic carbocycles. The van der Waals surface area contributed by atoms with Gasteiger partial charge in [-0.05, 0) is 12.5 Å². The lowest BCUT2D eigenvalue weighted by Crippen LogP contribution is -2.09. The molecule has 0 atom stereocenters. The maximum absolute atomic E-state index is 11.8. The van der Waals surface area contributed by atoms with Crippen LogP contribution in [-0.2, 0) is 4.74 Å². The Hall–Kier alpha value is -1.93. The third-order valence-electron chi connectivity index (χ3n) is 2.20. The molecule has 0 bridgehead atoms. The molecular formula is C12H13ClN2O3. The lowest BCUT2D eigenvalue weighted by atomic mass is 10.2. The standard InChI is InChI=1S/C12H13ClN2O3/c1-17-11-7-10(15)9(13)6-8(11)12(16)18-5-3-2-4-14/h6-7H,2-3,5,15H2,1H3. The third kappa shape index (κ3) is 3.54. The fourth-order valence-corrected chi connectivity index (χ4v) is 1.46. The highest BCUT2D eigenvalue weighted by atomic mass is 35.5. The van der Waals surface area contributed by atoms with Gasteiger partial charge in [-0.3, -0.25) is 0 Å². The van der Waals surface area contributed by atoms with Crippen LogP contribution in [0.5, 0.6) is 5.75 Å². The van der Waals surface area contributed by atoms with Gasteiger partial charge in [0.1, 0.15) is 11.3 Å². The van der Waals surface area contributed by atoms with E-state index in [1.807, 2.05) is 6.07 Å². The van der Waals surface area contributed by atoms with E-state index in [2.05, 4.69) is 0 Å². The van der Waals surface area contributed by atoms with E-state index in [0.717, 1.165) is 0 Å². The summed E-state index contributed by atoms with van der Waals surface area (Å²) in [5, 5.41) is 8.62. The summed E-state index contributed by atoms with van der Waals surface area (Å²) in [6, 6.07) is 4.84. The number of nitriles is 1. The second kappa shape index (κ2) is 6.72. The Morgan fingerprint density at radius 1 is 1.56 bits per heavy atom. The number of unbranched alkanes of at least 4 members (excludes halogenated alkanes) is 1. The molecule has 1 aromatic rings. The van der Waals surface area contributed by atoms with Crippen LogP contribution in [0.2, 0.25) is 5.02 Å². The number of carbonyl (C=O) groups excluding carboxylic acids is 1. The van der Waals surface area contributed by atoms with E-state index < -0.39 is 5.97 Å². The van der Waals surface area contributed by atoms with Crippen molar-refractivity contribution < 1.29 is 14.3 Å². The largest absolute Gasteiger partial charge is 0.496 e. The first kappa shape index (κ1) is 14.1. The monoisotopic (exact) mass is 268 g/mol. The average Bonchev–Trinajstić information content (AvgIpc) is 2.37. The molecular weight excluding hydrogens is 256 g/mol. The SMILES string of the molecule is COc1cc(N)c(Cl)cc1C(=O)OCCCC#N. The van der Waals surface area contributed by atoms with Crippen LogP contribution in [0.4, 0.5) is 5.69 Å². The Morgan fingerprint density at radius 3 is 2.89 bits per heavy atom. The number of hydrogen-bond acceptors (Lipinski definition) is 5. The van der Waals surface area contributed by atoms with Crippen LogP contribution in [-0.4, -0.2) is 19.7 Å². The van der Waals surface area contributed by atoms with Gasteiger partial charge in [0.25, 0.3) is 0 Å². The Morgan fingerprint density at radius 2 is 2.28 bits per heavy atom.